The predicted octanol–water partition coefficient (Wildman–Crippen LogP) is -1.71. The second kappa shape index (κ2) is 5.50. The second-order valence-corrected chi connectivity index (χ2v) is 2.70. The molecule has 1 amide bonds. The van der Waals surface area contributed by atoms with Crippen molar-refractivity contribution in [1.82, 2.24) is 5.32 Å². The number of aliphatic carboxylic acids is 1. The highest BCUT2D eigenvalue weighted by Crippen LogP contribution is 1.88. The van der Waals surface area contributed by atoms with Crippen LogP contribution in [0.25, 0.3) is 0 Å². The lowest BCUT2D eigenvalue weighted by molar-refractivity contribution is -0.137. The fourth-order valence-corrected chi connectivity index (χ4v) is 0.630. The van der Waals surface area contributed by atoms with E-state index in [0.29, 0.717) is 0 Å². The average molecular weight is 190 g/mol. The van der Waals surface area contributed by atoms with Gasteiger partial charge in [0.05, 0.1) is 12.5 Å². The Kier molecular flexibility index (Phi) is 5.01. The van der Waals surface area contributed by atoms with E-state index in [1.165, 1.54) is 6.92 Å². The Bertz CT molecular complexity index is 193. The molecule has 0 saturated heterocycles. The molecule has 6 heteroatoms. The van der Waals surface area contributed by atoms with E-state index >= 15 is 0 Å². The third-order valence-corrected chi connectivity index (χ3v) is 1.46. The summed E-state index contributed by atoms with van der Waals surface area (Å²) in [5.74, 6) is -1.54. The van der Waals surface area contributed by atoms with Crippen molar-refractivity contribution >= 4 is 11.9 Å². The third-order valence-electron chi connectivity index (χ3n) is 1.46. The highest BCUT2D eigenvalue weighted by Gasteiger charge is 2.17. The maximum Gasteiger partial charge on any atom is 0.305 e. The van der Waals surface area contributed by atoms with Crippen molar-refractivity contribution in [1.29, 1.82) is 0 Å². The monoisotopic (exact) mass is 190 g/mol. The zero-order chi connectivity index (χ0) is 10.4. The third kappa shape index (κ3) is 5.15. The van der Waals surface area contributed by atoms with Crippen molar-refractivity contribution in [3.63, 3.8) is 0 Å². The number of nitrogens with two attached hydrogens (primary N) is 1. The van der Waals surface area contributed by atoms with Gasteiger partial charge in [0.2, 0.25) is 5.91 Å². The molecule has 0 bridgehead atoms. The molecule has 0 aromatic rings. The number of carbonyl (C=O) groups excluding carboxylic acids is 1. The van der Waals surface area contributed by atoms with Crippen molar-refractivity contribution in [2.24, 2.45) is 5.73 Å². The van der Waals surface area contributed by atoms with Gasteiger partial charge in [-0.15, -0.1) is 0 Å². The number of carboxylic acids is 1. The summed E-state index contributed by atoms with van der Waals surface area (Å²) in [6.45, 7) is 1.41. The molecule has 0 aromatic heterocycles. The van der Waals surface area contributed by atoms with Crippen LogP contribution in [-0.2, 0) is 9.59 Å². The van der Waals surface area contributed by atoms with Crippen LogP contribution in [0.3, 0.4) is 0 Å². The van der Waals surface area contributed by atoms with Gasteiger partial charge in [-0.3, -0.25) is 9.59 Å². The van der Waals surface area contributed by atoms with E-state index < -0.39 is 24.0 Å². The first-order valence-electron chi connectivity index (χ1n) is 3.88. The van der Waals surface area contributed by atoms with Crippen molar-refractivity contribution in [3.8, 4) is 0 Å². The summed E-state index contributed by atoms with van der Waals surface area (Å²) in [6.07, 6.45) is -1.09. The lowest BCUT2D eigenvalue weighted by atomic mass is 10.2. The van der Waals surface area contributed by atoms with Gasteiger partial charge in [-0.05, 0) is 6.92 Å². The van der Waals surface area contributed by atoms with E-state index in [9.17, 15) is 9.59 Å². The van der Waals surface area contributed by atoms with Gasteiger partial charge in [0.1, 0.15) is 6.04 Å². The van der Waals surface area contributed by atoms with E-state index in [1.807, 2.05) is 0 Å². The van der Waals surface area contributed by atoms with Crippen LogP contribution in [0.4, 0.5) is 0 Å². The molecule has 6 nitrogen and oxygen atoms in total. The second-order valence-electron chi connectivity index (χ2n) is 2.70. The van der Waals surface area contributed by atoms with Crippen LogP contribution in [0.15, 0.2) is 0 Å². The molecule has 0 saturated carbocycles. The molecule has 0 spiro atoms. The Morgan fingerprint density at radius 1 is 1.54 bits per heavy atom. The summed E-state index contributed by atoms with van der Waals surface area (Å²) in [6, 6.07) is -1.01. The van der Waals surface area contributed by atoms with Gasteiger partial charge in [-0.25, -0.2) is 0 Å². The Morgan fingerprint density at radius 2 is 2.08 bits per heavy atom. The maximum absolute atomic E-state index is 11.0. The number of aliphatic hydroxyl groups excluding tert-OH is 1. The van der Waals surface area contributed by atoms with Crippen molar-refractivity contribution < 1.29 is 19.8 Å². The summed E-state index contributed by atoms with van der Waals surface area (Å²) in [5.41, 5.74) is 5.27. The van der Waals surface area contributed by atoms with Crippen LogP contribution in [0.2, 0.25) is 0 Å². The Morgan fingerprint density at radius 3 is 2.46 bits per heavy atom. The summed E-state index contributed by atoms with van der Waals surface area (Å²) < 4.78 is 0. The zero-order valence-electron chi connectivity index (χ0n) is 7.36. The Labute approximate surface area is 75.7 Å². The first-order valence-corrected chi connectivity index (χ1v) is 3.88. The number of carbonyl (C=O) groups is 2. The molecule has 76 valence electrons. The van der Waals surface area contributed by atoms with E-state index in [1.54, 1.807) is 0 Å². The first-order chi connectivity index (χ1) is 5.95. The van der Waals surface area contributed by atoms with Gasteiger partial charge < -0.3 is 21.3 Å². The number of aliphatic hydroxyl groups is 1. The Hall–Kier alpha value is -1.14. The topological polar surface area (TPSA) is 113 Å². The van der Waals surface area contributed by atoms with Crippen LogP contribution in [0.5, 0.6) is 0 Å². The van der Waals surface area contributed by atoms with Crippen LogP contribution in [0, 0.1) is 0 Å². The van der Waals surface area contributed by atoms with Crippen LogP contribution in [0.1, 0.15) is 13.3 Å². The largest absolute Gasteiger partial charge is 0.481 e. The Balaban J connectivity index is 3.68. The number of carboxylic acid groups (broad SMARTS) is 1. The maximum atomic E-state index is 11.0. The molecule has 0 fully saturated rings. The number of amides is 1. The average Bonchev–Trinajstić information content (AvgIpc) is 2.02. The molecule has 5 N–H and O–H groups in total. The summed E-state index contributed by atoms with van der Waals surface area (Å²) >= 11 is 0. The molecule has 2 unspecified atom stereocenters. The molecule has 0 radical (unpaired) electrons. The van der Waals surface area contributed by atoms with Crippen LogP contribution >= 0.6 is 0 Å². The van der Waals surface area contributed by atoms with Gasteiger partial charge in [-0.2, -0.15) is 0 Å². The number of hydrogen-bond donors (Lipinski definition) is 4. The molecule has 0 aliphatic carbocycles. The minimum absolute atomic E-state index is 0.0224. The van der Waals surface area contributed by atoms with Gasteiger partial charge in [0.15, 0.2) is 0 Å². The smallest absolute Gasteiger partial charge is 0.305 e. The minimum Gasteiger partial charge on any atom is -0.481 e. The molecule has 0 aliphatic heterocycles. The van der Waals surface area contributed by atoms with E-state index in [0.717, 1.165) is 0 Å². The summed E-state index contributed by atoms with van der Waals surface area (Å²) in [7, 11) is 0. The van der Waals surface area contributed by atoms with E-state index in [4.69, 9.17) is 15.9 Å². The lowest BCUT2D eigenvalue weighted by Gasteiger charge is -2.13. The number of hydrogen-bond acceptors (Lipinski definition) is 4. The molecule has 2 atom stereocenters. The van der Waals surface area contributed by atoms with Gasteiger partial charge in [-0.1, -0.05) is 0 Å². The van der Waals surface area contributed by atoms with Gasteiger partial charge in [0.25, 0.3) is 0 Å². The molecule has 0 heterocycles. The standard InChI is InChI=1S/C7H14N2O4/c1-4(10)6(8)7(13)9-3-2-5(11)12/h4,6,10H,2-3,8H2,1H3,(H,9,13)(H,11,12). The molecular formula is C7H14N2O4. The summed E-state index contributed by atoms with van der Waals surface area (Å²) in [4.78, 5) is 21.0. The van der Waals surface area contributed by atoms with Crippen molar-refractivity contribution in [3.05, 3.63) is 0 Å². The van der Waals surface area contributed by atoms with Crippen molar-refractivity contribution in [2.45, 2.75) is 25.5 Å². The van der Waals surface area contributed by atoms with E-state index in [2.05, 4.69) is 5.32 Å². The highest BCUT2D eigenvalue weighted by atomic mass is 16.4. The number of nitrogens with one attached hydrogen (secondary N) is 1. The highest BCUT2D eigenvalue weighted by molar-refractivity contribution is 5.82. The quantitative estimate of drug-likeness (QED) is 0.412. The summed E-state index contributed by atoms with van der Waals surface area (Å²) in [5, 5.41) is 19.4. The minimum atomic E-state index is -1.01. The fraction of sp³-hybridized carbons (Fsp3) is 0.714. The molecule has 0 aliphatic rings. The van der Waals surface area contributed by atoms with Crippen LogP contribution < -0.4 is 11.1 Å². The van der Waals surface area contributed by atoms with E-state index in [-0.39, 0.29) is 13.0 Å². The predicted molar refractivity (Wildman–Crippen MR) is 44.9 cm³/mol. The zero-order valence-corrected chi connectivity index (χ0v) is 7.36. The fourth-order valence-electron chi connectivity index (χ4n) is 0.630. The SMILES string of the molecule is CC(O)C(N)C(=O)NCCC(=O)O. The number of rotatable bonds is 5. The normalized spacial score (nSPS) is 14.7. The van der Waals surface area contributed by atoms with Gasteiger partial charge in [0, 0.05) is 6.54 Å². The van der Waals surface area contributed by atoms with Crippen molar-refractivity contribution in [2.75, 3.05) is 6.54 Å². The van der Waals surface area contributed by atoms with Crippen LogP contribution in [-0.4, -0.2) is 40.8 Å². The first kappa shape index (κ1) is 11.9. The van der Waals surface area contributed by atoms with Gasteiger partial charge >= 0.3 is 5.97 Å². The lowest BCUT2D eigenvalue weighted by Crippen LogP contribution is -2.47. The molecule has 13 heavy (non-hydrogen) atoms. The molecule has 0 rings (SSSR count). The molecule has 0 aromatic carbocycles. The molecular weight excluding hydrogens is 176 g/mol.